The van der Waals surface area contributed by atoms with Crippen molar-refractivity contribution in [1.29, 1.82) is 0 Å². The first-order valence-electron chi connectivity index (χ1n) is 8.70. The number of aromatic nitrogens is 3. The van der Waals surface area contributed by atoms with Crippen LogP contribution in [0.5, 0.6) is 0 Å². The Hall–Kier alpha value is -2.87. The second kappa shape index (κ2) is 7.79. The van der Waals surface area contributed by atoms with Crippen LogP contribution in [0.25, 0.3) is 0 Å². The zero-order valence-electron chi connectivity index (χ0n) is 15.6. The van der Waals surface area contributed by atoms with Crippen molar-refractivity contribution in [3.63, 3.8) is 0 Å². The summed E-state index contributed by atoms with van der Waals surface area (Å²) in [6, 6.07) is 13.7. The molecule has 2 heterocycles. The first-order valence-corrected chi connectivity index (χ1v) is 10.2. The molecule has 142 valence electrons. The Bertz CT molecular complexity index is 979. The summed E-state index contributed by atoms with van der Waals surface area (Å²) in [5.41, 5.74) is 3.06. The number of sulfonamides is 1. The Morgan fingerprint density at radius 1 is 1.11 bits per heavy atom. The molecule has 0 saturated carbocycles. The normalized spacial score (nSPS) is 11.4. The van der Waals surface area contributed by atoms with Crippen LogP contribution in [0.2, 0.25) is 0 Å². The minimum Gasteiger partial charge on any atom is -0.366 e. The van der Waals surface area contributed by atoms with E-state index < -0.39 is 10.0 Å². The maximum Gasteiger partial charge on any atom is 0.266 e. The number of aromatic amines is 1. The molecule has 2 N–H and O–H groups in total. The van der Waals surface area contributed by atoms with E-state index in [-0.39, 0.29) is 10.7 Å². The van der Waals surface area contributed by atoms with E-state index in [0.29, 0.717) is 11.4 Å². The van der Waals surface area contributed by atoms with Crippen LogP contribution in [0.15, 0.2) is 53.6 Å². The fraction of sp³-hybridized carbons (Fsp3) is 0.263. The van der Waals surface area contributed by atoms with Gasteiger partial charge in [0.15, 0.2) is 0 Å². The van der Waals surface area contributed by atoms with Gasteiger partial charge in [-0.3, -0.25) is 9.82 Å². The number of benzene rings is 1. The lowest BCUT2D eigenvalue weighted by Gasteiger charge is -2.23. The number of hydrogen-bond acceptors (Lipinski definition) is 5. The van der Waals surface area contributed by atoms with Crippen molar-refractivity contribution in [2.24, 2.45) is 0 Å². The van der Waals surface area contributed by atoms with E-state index in [2.05, 4.69) is 43.9 Å². The zero-order chi connectivity index (χ0) is 19.4. The van der Waals surface area contributed by atoms with Crippen LogP contribution in [-0.4, -0.2) is 30.1 Å². The van der Waals surface area contributed by atoms with Crippen molar-refractivity contribution in [3.05, 3.63) is 65.6 Å². The quantitative estimate of drug-likeness (QED) is 0.651. The van der Waals surface area contributed by atoms with Gasteiger partial charge in [0.25, 0.3) is 10.0 Å². The number of anilines is 2. The molecule has 0 spiro atoms. The molecule has 0 atom stereocenters. The fourth-order valence-corrected chi connectivity index (χ4v) is 4.33. The molecule has 3 rings (SSSR count). The third kappa shape index (κ3) is 4.28. The number of pyridine rings is 1. The van der Waals surface area contributed by atoms with Gasteiger partial charge in [0.2, 0.25) is 0 Å². The monoisotopic (exact) mass is 385 g/mol. The molecule has 27 heavy (non-hydrogen) atoms. The maximum atomic E-state index is 12.6. The minimum absolute atomic E-state index is 0.160. The van der Waals surface area contributed by atoms with E-state index >= 15 is 0 Å². The lowest BCUT2D eigenvalue weighted by molar-refractivity contribution is 0.600. The van der Waals surface area contributed by atoms with Gasteiger partial charge in [-0.05, 0) is 38.5 Å². The van der Waals surface area contributed by atoms with Crippen LogP contribution in [-0.2, 0) is 16.6 Å². The van der Waals surface area contributed by atoms with Gasteiger partial charge in [0.05, 0.1) is 23.3 Å². The van der Waals surface area contributed by atoms with E-state index in [1.807, 2.05) is 24.3 Å². The average molecular weight is 385 g/mol. The molecule has 3 aromatic rings. The molecule has 0 aliphatic rings. The van der Waals surface area contributed by atoms with Gasteiger partial charge >= 0.3 is 0 Å². The van der Waals surface area contributed by atoms with Crippen molar-refractivity contribution in [2.75, 3.05) is 16.2 Å². The van der Waals surface area contributed by atoms with Crippen LogP contribution in [0, 0.1) is 13.8 Å². The van der Waals surface area contributed by atoms with Gasteiger partial charge in [0, 0.05) is 13.1 Å². The number of aryl methyl sites for hydroxylation is 2. The SMILES string of the molecule is CCN(Cc1ccccc1)c1ccc(NS(=O)(=O)c2c(C)n[nH]c2C)nc1. The van der Waals surface area contributed by atoms with Crippen LogP contribution in [0.4, 0.5) is 11.5 Å². The number of rotatable bonds is 7. The number of nitrogens with one attached hydrogen (secondary N) is 2. The highest BCUT2D eigenvalue weighted by Gasteiger charge is 2.22. The summed E-state index contributed by atoms with van der Waals surface area (Å²) in [6.45, 7) is 6.97. The summed E-state index contributed by atoms with van der Waals surface area (Å²) in [5.74, 6) is 0.273. The van der Waals surface area contributed by atoms with Gasteiger partial charge in [-0.2, -0.15) is 5.10 Å². The van der Waals surface area contributed by atoms with Crippen molar-refractivity contribution in [3.8, 4) is 0 Å². The van der Waals surface area contributed by atoms with Gasteiger partial charge < -0.3 is 4.90 Å². The minimum atomic E-state index is -3.74. The second-order valence-electron chi connectivity index (χ2n) is 6.27. The van der Waals surface area contributed by atoms with E-state index in [4.69, 9.17) is 0 Å². The average Bonchev–Trinajstić information content (AvgIpc) is 3.00. The summed E-state index contributed by atoms with van der Waals surface area (Å²) >= 11 is 0. The van der Waals surface area contributed by atoms with E-state index in [9.17, 15) is 8.42 Å². The Labute approximate surface area is 159 Å². The van der Waals surface area contributed by atoms with E-state index in [1.54, 1.807) is 26.1 Å². The first kappa shape index (κ1) is 18.9. The predicted molar refractivity (Wildman–Crippen MR) is 106 cm³/mol. The van der Waals surface area contributed by atoms with Crippen molar-refractivity contribution in [2.45, 2.75) is 32.2 Å². The van der Waals surface area contributed by atoms with Gasteiger partial charge in [-0.25, -0.2) is 13.4 Å². The van der Waals surface area contributed by atoms with E-state index in [1.165, 1.54) is 5.56 Å². The molecule has 0 fully saturated rings. The molecule has 0 unspecified atom stereocenters. The molecule has 1 aromatic carbocycles. The molecule has 0 aliphatic heterocycles. The van der Waals surface area contributed by atoms with Crippen molar-refractivity contribution < 1.29 is 8.42 Å². The molecule has 0 saturated heterocycles. The lowest BCUT2D eigenvalue weighted by atomic mass is 10.2. The smallest absolute Gasteiger partial charge is 0.266 e. The number of nitrogens with zero attached hydrogens (tertiary/aromatic N) is 3. The maximum absolute atomic E-state index is 12.6. The Morgan fingerprint density at radius 3 is 2.41 bits per heavy atom. The first-order chi connectivity index (χ1) is 12.9. The summed E-state index contributed by atoms with van der Waals surface area (Å²) < 4.78 is 27.7. The molecule has 2 aromatic heterocycles. The highest BCUT2D eigenvalue weighted by molar-refractivity contribution is 7.92. The number of H-pyrrole nitrogens is 1. The van der Waals surface area contributed by atoms with Crippen molar-refractivity contribution in [1.82, 2.24) is 15.2 Å². The summed E-state index contributed by atoms with van der Waals surface area (Å²) in [5, 5.41) is 6.63. The van der Waals surface area contributed by atoms with E-state index in [0.717, 1.165) is 18.8 Å². The van der Waals surface area contributed by atoms with Crippen molar-refractivity contribution >= 4 is 21.5 Å². The molecular formula is C19H23N5O2S. The molecular weight excluding hydrogens is 362 g/mol. The summed E-state index contributed by atoms with van der Waals surface area (Å²) in [6.07, 6.45) is 1.68. The van der Waals surface area contributed by atoms with Gasteiger partial charge in [-0.1, -0.05) is 30.3 Å². The standard InChI is InChI=1S/C19H23N5O2S/c1-4-24(13-16-8-6-5-7-9-16)17-10-11-18(20-12-17)23-27(25,26)19-14(2)21-22-15(19)3/h5-12H,4,13H2,1-3H3,(H,20,23)(H,21,22). The molecule has 0 amide bonds. The third-order valence-electron chi connectivity index (χ3n) is 4.28. The highest BCUT2D eigenvalue weighted by atomic mass is 32.2. The Morgan fingerprint density at radius 2 is 1.85 bits per heavy atom. The molecule has 0 radical (unpaired) electrons. The largest absolute Gasteiger partial charge is 0.366 e. The third-order valence-corrected chi connectivity index (χ3v) is 5.90. The summed E-state index contributed by atoms with van der Waals surface area (Å²) in [4.78, 5) is 6.61. The predicted octanol–water partition coefficient (Wildman–Crippen LogP) is 3.25. The molecule has 7 nitrogen and oxygen atoms in total. The highest BCUT2D eigenvalue weighted by Crippen LogP contribution is 2.22. The molecule has 8 heteroatoms. The molecule has 0 bridgehead atoms. The molecule has 0 aliphatic carbocycles. The van der Waals surface area contributed by atoms with Crippen LogP contribution < -0.4 is 9.62 Å². The zero-order valence-corrected chi connectivity index (χ0v) is 16.4. The number of hydrogen-bond donors (Lipinski definition) is 2. The Balaban J connectivity index is 1.76. The fourth-order valence-electron chi connectivity index (χ4n) is 2.95. The topological polar surface area (TPSA) is 91.0 Å². The van der Waals surface area contributed by atoms with Crippen LogP contribution in [0.1, 0.15) is 23.9 Å². The van der Waals surface area contributed by atoms with Crippen LogP contribution >= 0.6 is 0 Å². The van der Waals surface area contributed by atoms with Gasteiger partial charge in [-0.15, -0.1) is 0 Å². The Kier molecular flexibility index (Phi) is 5.46. The van der Waals surface area contributed by atoms with Gasteiger partial charge in [0.1, 0.15) is 10.7 Å². The second-order valence-corrected chi connectivity index (χ2v) is 7.89. The lowest BCUT2D eigenvalue weighted by Crippen LogP contribution is -2.22. The van der Waals surface area contributed by atoms with Crippen LogP contribution in [0.3, 0.4) is 0 Å². The summed E-state index contributed by atoms with van der Waals surface area (Å²) in [7, 11) is -3.74.